The van der Waals surface area contributed by atoms with Gasteiger partial charge in [-0.05, 0) is 31.5 Å². The Labute approximate surface area is 235 Å². The zero-order valence-electron chi connectivity index (χ0n) is 22.5. The van der Waals surface area contributed by atoms with Crippen molar-refractivity contribution in [3.05, 3.63) is 59.0 Å². The van der Waals surface area contributed by atoms with E-state index in [2.05, 4.69) is 30.4 Å². The molecular formula is C28H29ClFN9O. The van der Waals surface area contributed by atoms with E-state index in [1.165, 1.54) is 0 Å². The molecule has 0 spiro atoms. The summed E-state index contributed by atoms with van der Waals surface area (Å²) in [7, 11) is 0. The van der Waals surface area contributed by atoms with Crippen LogP contribution in [0.2, 0.25) is 5.02 Å². The number of H-pyrrole nitrogens is 1. The highest BCUT2D eigenvalue weighted by Gasteiger charge is 2.26. The first-order valence-electron chi connectivity index (χ1n) is 13.2. The molecule has 1 amide bonds. The van der Waals surface area contributed by atoms with Crippen molar-refractivity contribution in [2.75, 3.05) is 42.9 Å². The second-order valence-electron chi connectivity index (χ2n) is 9.99. The fraction of sp³-hybridized carbons (Fsp3) is 0.321. The van der Waals surface area contributed by atoms with E-state index in [-0.39, 0.29) is 22.0 Å². The van der Waals surface area contributed by atoms with Crippen LogP contribution in [0.4, 0.5) is 16.2 Å². The number of nitrogens with one attached hydrogen (secondary N) is 2. The van der Waals surface area contributed by atoms with E-state index in [9.17, 15) is 4.79 Å². The van der Waals surface area contributed by atoms with Crippen molar-refractivity contribution < 1.29 is 9.18 Å². The van der Waals surface area contributed by atoms with Crippen LogP contribution in [0.1, 0.15) is 18.3 Å². The average Bonchev–Trinajstić information content (AvgIpc) is 3.59. The van der Waals surface area contributed by atoms with Crippen molar-refractivity contribution >= 4 is 51.1 Å². The number of aryl methyl sites for hydroxylation is 2. The van der Waals surface area contributed by atoms with Crippen LogP contribution in [0, 0.1) is 19.7 Å². The number of hydrogen-bond acceptors (Lipinski definition) is 7. The number of halogens is 2. The van der Waals surface area contributed by atoms with E-state index in [4.69, 9.17) is 16.6 Å². The van der Waals surface area contributed by atoms with Crippen LogP contribution in [-0.4, -0.2) is 73.2 Å². The van der Waals surface area contributed by atoms with Gasteiger partial charge in [-0.25, -0.2) is 14.4 Å². The Morgan fingerprint density at radius 2 is 1.93 bits per heavy atom. The molecular weight excluding hydrogens is 533 g/mol. The van der Waals surface area contributed by atoms with Crippen LogP contribution in [0.3, 0.4) is 0 Å². The lowest BCUT2D eigenvalue weighted by molar-refractivity contribution is -0.129. The molecule has 0 saturated carbocycles. The predicted molar refractivity (Wildman–Crippen MR) is 154 cm³/mol. The topological polar surface area (TPSA) is 108 Å². The van der Waals surface area contributed by atoms with E-state index in [1.54, 1.807) is 30.3 Å². The van der Waals surface area contributed by atoms with E-state index in [0.717, 1.165) is 22.3 Å². The molecule has 0 radical (unpaired) electrons. The molecule has 4 heterocycles. The third-order valence-electron chi connectivity index (χ3n) is 7.53. The summed E-state index contributed by atoms with van der Waals surface area (Å²) in [6, 6.07) is 5.58. The molecule has 1 fully saturated rings. The maximum atomic E-state index is 16.6. The van der Waals surface area contributed by atoms with Gasteiger partial charge in [0, 0.05) is 80.5 Å². The second-order valence-corrected chi connectivity index (χ2v) is 10.4. The van der Waals surface area contributed by atoms with Gasteiger partial charge in [0.1, 0.15) is 17.2 Å². The molecule has 3 aromatic heterocycles. The Morgan fingerprint density at radius 1 is 1.12 bits per heavy atom. The molecule has 12 heteroatoms. The molecule has 40 heavy (non-hydrogen) atoms. The smallest absolute Gasteiger partial charge is 0.225 e. The van der Waals surface area contributed by atoms with Crippen molar-refractivity contribution in [2.24, 2.45) is 0 Å². The number of aromatic amines is 1. The summed E-state index contributed by atoms with van der Waals surface area (Å²) in [5, 5.41) is 11.9. The number of benzene rings is 2. The number of fused-ring (bicyclic) bond motifs is 2. The fourth-order valence-electron chi connectivity index (χ4n) is 5.35. The lowest BCUT2D eigenvalue weighted by Crippen LogP contribution is -2.48. The van der Waals surface area contributed by atoms with Crippen molar-refractivity contribution in [2.45, 2.75) is 27.3 Å². The van der Waals surface area contributed by atoms with Gasteiger partial charge in [0.25, 0.3) is 0 Å². The molecule has 1 aliphatic heterocycles. The Bertz CT molecular complexity index is 1740. The van der Waals surface area contributed by atoms with Crippen molar-refractivity contribution in [3.8, 4) is 11.1 Å². The minimum absolute atomic E-state index is 0.0341. The highest BCUT2D eigenvalue weighted by molar-refractivity contribution is 6.35. The molecule has 2 N–H and O–H groups in total. The molecule has 5 aromatic rings. The normalized spacial score (nSPS) is 13.9. The molecule has 6 rings (SSSR count). The molecule has 0 unspecified atom stereocenters. The van der Waals surface area contributed by atoms with Crippen molar-refractivity contribution in [3.63, 3.8) is 0 Å². The standard InChI is InChI=1S/C28H29ClFN9O/c1-16-4-5-22-20(15-33-36-22)23(16)24-21(29)14-19-26(25(24)30)34-28(32-7-9-37-8-6-31-17(37)2)35-27(19)39-12-10-38(11-13-39)18(3)40/h4-6,8,14-15H,7,9-13H2,1-3H3,(H,33,36)(H,32,34,35). The number of carbonyl (C=O) groups is 1. The second kappa shape index (κ2) is 10.4. The summed E-state index contributed by atoms with van der Waals surface area (Å²) in [6.45, 7) is 8.84. The first kappa shape index (κ1) is 26.0. The Morgan fingerprint density at radius 3 is 2.65 bits per heavy atom. The summed E-state index contributed by atoms with van der Waals surface area (Å²) in [6.07, 6.45) is 5.34. The van der Waals surface area contributed by atoms with Crippen molar-refractivity contribution in [1.29, 1.82) is 0 Å². The number of anilines is 2. The number of amides is 1. The van der Waals surface area contributed by atoms with Crippen LogP contribution in [0.5, 0.6) is 0 Å². The van der Waals surface area contributed by atoms with E-state index in [0.29, 0.717) is 62.0 Å². The number of rotatable bonds is 6. The van der Waals surface area contributed by atoms with Gasteiger partial charge in [0.2, 0.25) is 11.9 Å². The highest BCUT2D eigenvalue weighted by atomic mass is 35.5. The van der Waals surface area contributed by atoms with Crippen LogP contribution in [0.25, 0.3) is 32.9 Å². The first-order chi connectivity index (χ1) is 19.3. The lowest BCUT2D eigenvalue weighted by atomic mass is 9.95. The maximum Gasteiger partial charge on any atom is 0.225 e. The third-order valence-corrected chi connectivity index (χ3v) is 7.83. The molecule has 206 valence electrons. The zero-order valence-corrected chi connectivity index (χ0v) is 23.3. The van der Waals surface area contributed by atoms with Gasteiger partial charge in [-0.15, -0.1) is 0 Å². The fourth-order valence-corrected chi connectivity index (χ4v) is 5.64. The number of piperazine rings is 1. The SMILES string of the molecule is CC(=O)N1CCN(c2nc(NCCn3ccnc3C)nc3c(F)c(-c4c(C)ccc5[nH]ncc45)c(Cl)cc23)CC1. The van der Waals surface area contributed by atoms with Crippen LogP contribution < -0.4 is 10.2 Å². The van der Waals surface area contributed by atoms with Crippen LogP contribution >= 0.6 is 11.6 Å². The number of nitrogens with zero attached hydrogens (tertiary/aromatic N) is 7. The van der Waals surface area contributed by atoms with Gasteiger partial charge in [-0.1, -0.05) is 17.7 Å². The first-order valence-corrected chi connectivity index (χ1v) is 13.5. The average molecular weight is 562 g/mol. The summed E-state index contributed by atoms with van der Waals surface area (Å²) >= 11 is 6.83. The number of aromatic nitrogens is 6. The number of imidazole rings is 1. The number of carbonyl (C=O) groups excluding carboxylic acids is 1. The van der Waals surface area contributed by atoms with Crippen LogP contribution in [0.15, 0.2) is 36.8 Å². The van der Waals surface area contributed by atoms with Gasteiger partial charge in [0.15, 0.2) is 5.82 Å². The van der Waals surface area contributed by atoms with Gasteiger partial charge in [0.05, 0.1) is 16.7 Å². The van der Waals surface area contributed by atoms with Crippen LogP contribution in [-0.2, 0) is 11.3 Å². The molecule has 10 nitrogen and oxygen atoms in total. The van der Waals surface area contributed by atoms with Gasteiger partial charge < -0.3 is 19.7 Å². The predicted octanol–water partition coefficient (Wildman–Crippen LogP) is 4.56. The monoisotopic (exact) mass is 561 g/mol. The largest absolute Gasteiger partial charge is 0.352 e. The van der Waals surface area contributed by atoms with Gasteiger partial charge >= 0.3 is 0 Å². The summed E-state index contributed by atoms with van der Waals surface area (Å²) in [5.74, 6) is 1.32. The summed E-state index contributed by atoms with van der Waals surface area (Å²) in [4.78, 5) is 29.5. The Hall–Kier alpha value is -4.25. The molecule has 0 aliphatic carbocycles. The van der Waals surface area contributed by atoms with E-state index >= 15 is 4.39 Å². The molecule has 2 aromatic carbocycles. The molecule has 0 bridgehead atoms. The third kappa shape index (κ3) is 4.60. The molecule has 1 aliphatic rings. The van der Waals surface area contributed by atoms with E-state index in [1.807, 2.05) is 36.7 Å². The lowest BCUT2D eigenvalue weighted by Gasteiger charge is -2.35. The van der Waals surface area contributed by atoms with Crippen molar-refractivity contribution in [1.82, 2.24) is 34.6 Å². The van der Waals surface area contributed by atoms with Gasteiger partial charge in [-0.3, -0.25) is 9.89 Å². The minimum atomic E-state index is -0.515. The Kier molecular flexibility index (Phi) is 6.75. The number of hydrogen-bond donors (Lipinski definition) is 2. The quantitative estimate of drug-likeness (QED) is 0.313. The zero-order chi connectivity index (χ0) is 28.0. The van der Waals surface area contributed by atoms with E-state index < -0.39 is 5.82 Å². The van der Waals surface area contributed by atoms with Gasteiger partial charge in [-0.2, -0.15) is 10.1 Å². The molecule has 0 atom stereocenters. The Balaban J connectivity index is 1.46. The molecule has 1 saturated heterocycles. The highest BCUT2D eigenvalue weighted by Crippen LogP contribution is 2.42. The maximum absolute atomic E-state index is 16.6. The summed E-state index contributed by atoms with van der Waals surface area (Å²) in [5.41, 5.74) is 2.80. The summed E-state index contributed by atoms with van der Waals surface area (Å²) < 4.78 is 18.6. The minimum Gasteiger partial charge on any atom is -0.352 e.